The first-order valence-electron chi connectivity index (χ1n) is 8.43. The summed E-state index contributed by atoms with van der Waals surface area (Å²) in [5.74, 6) is -2.03. The molecule has 1 amide bonds. The fourth-order valence-electron chi connectivity index (χ4n) is 2.87. The standard InChI is InChI=1S/C20H17BFNO3S/c1-11-16(12-3-7-14(21-2)8-4-12)17(20(25)26)19(27-11)23-18(24)13-5-9-15(22)10-6-13/h3-10,21H,1-2H3,(H,23,24)(H,25,26). The summed E-state index contributed by atoms with van der Waals surface area (Å²) >= 11 is 1.21. The average Bonchev–Trinajstić information content (AvgIpc) is 2.98. The topological polar surface area (TPSA) is 66.4 Å². The molecule has 7 heteroatoms. The van der Waals surface area contributed by atoms with Crippen molar-refractivity contribution in [2.45, 2.75) is 13.7 Å². The Hall–Kier alpha value is -2.93. The molecule has 0 saturated carbocycles. The molecule has 0 atom stereocenters. The van der Waals surface area contributed by atoms with Gasteiger partial charge in [0.1, 0.15) is 16.4 Å². The number of amides is 1. The molecule has 0 aliphatic heterocycles. The van der Waals surface area contributed by atoms with E-state index in [0.717, 1.165) is 23.2 Å². The number of halogens is 1. The van der Waals surface area contributed by atoms with E-state index in [1.807, 2.05) is 31.2 Å². The minimum absolute atomic E-state index is 0.0669. The van der Waals surface area contributed by atoms with Crippen molar-refractivity contribution in [3.8, 4) is 11.1 Å². The van der Waals surface area contributed by atoms with E-state index in [1.165, 1.54) is 35.6 Å². The van der Waals surface area contributed by atoms with Gasteiger partial charge in [-0.1, -0.05) is 36.6 Å². The van der Waals surface area contributed by atoms with Crippen molar-refractivity contribution < 1.29 is 19.1 Å². The van der Waals surface area contributed by atoms with Crippen LogP contribution < -0.4 is 10.8 Å². The molecule has 3 aromatic rings. The number of anilines is 1. The van der Waals surface area contributed by atoms with Gasteiger partial charge in [-0.2, -0.15) is 0 Å². The van der Waals surface area contributed by atoms with Crippen LogP contribution in [-0.2, 0) is 0 Å². The van der Waals surface area contributed by atoms with Gasteiger partial charge in [0.25, 0.3) is 5.91 Å². The van der Waals surface area contributed by atoms with Crippen molar-refractivity contribution in [2.24, 2.45) is 0 Å². The van der Waals surface area contributed by atoms with Crippen LogP contribution in [0.1, 0.15) is 25.6 Å². The monoisotopic (exact) mass is 381 g/mol. The molecule has 4 nitrogen and oxygen atoms in total. The fourth-order valence-corrected chi connectivity index (χ4v) is 3.93. The molecule has 0 radical (unpaired) electrons. The van der Waals surface area contributed by atoms with Gasteiger partial charge in [0.05, 0.1) is 0 Å². The van der Waals surface area contributed by atoms with Gasteiger partial charge in [0.15, 0.2) is 7.28 Å². The molecule has 1 heterocycles. The SMILES string of the molecule is CBc1ccc(-c2c(C)sc(NC(=O)c3ccc(F)cc3)c2C(=O)O)cc1. The highest BCUT2D eigenvalue weighted by Crippen LogP contribution is 2.39. The van der Waals surface area contributed by atoms with Gasteiger partial charge < -0.3 is 10.4 Å². The molecule has 136 valence electrons. The third-order valence-electron chi connectivity index (χ3n) is 4.28. The number of carboxylic acid groups (broad SMARTS) is 1. The zero-order chi connectivity index (χ0) is 19.6. The minimum Gasteiger partial charge on any atom is -0.478 e. The summed E-state index contributed by atoms with van der Waals surface area (Å²) < 4.78 is 13.0. The number of rotatable bonds is 5. The first kappa shape index (κ1) is 18.9. The molecule has 0 fully saturated rings. The molecule has 2 N–H and O–H groups in total. The van der Waals surface area contributed by atoms with E-state index in [-0.39, 0.29) is 16.1 Å². The van der Waals surface area contributed by atoms with Crippen LogP contribution in [0.3, 0.4) is 0 Å². The van der Waals surface area contributed by atoms with Crippen molar-refractivity contribution in [3.63, 3.8) is 0 Å². The van der Waals surface area contributed by atoms with Gasteiger partial charge >= 0.3 is 5.97 Å². The van der Waals surface area contributed by atoms with Crippen molar-refractivity contribution >= 4 is 41.0 Å². The third kappa shape index (κ3) is 3.93. The highest BCUT2D eigenvalue weighted by atomic mass is 32.1. The summed E-state index contributed by atoms with van der Waals surface area (Å²) in [6, 6.07) is 12.8. The minimum atomic E-state index is -1.11. The molecule has 0 spiro atoms. The Morgan fingerprint density at radius 1 is 1.07 bits per heavy atom. The number of thiophene rings is 1. The summed E-state index contributed by atoms with van der Waals surface area (Å²) in [5, 5.41) is 12.7. The second-order valence-corrected chi connectivity index (χ2v) is 7.28. The number of aromatic carboxylic acids is 1. The molecular formula is C20H17BFNO3S. The summed E-state index contributed by atoms with van der Waals surface area (Å²) in [4.78, 5) is 25.1. The summed E-state index contributed by atoms with van der Waals surface area (Å²) in [7, 11) is 0.896. The Kier molecular flexibility index (Phi) is 5.42. The zero-order valence-electron chi connectivity index (χ0n) is 14.9. The van der Waals surface area contributed by atoms with Gasteiger partial charge in [-0.3, -0.25) is 4.79 Å². The quantitative estimate of drug-likeness (QED) is 0.659. The molecule has 0 aliphatic rings. The van der Waals surface area contributed by atoms with Crippen LogP contribution in [0.4, 0.5) is 9.39 Å². The first-order chi connectivity index (χ1) is 12.9. The van der Waals surface area contributed by atoms with E-state index in [9.17, 15) is 19.1 Å². The second kappa shape index (κ2) is 7.76. The first-order valence-corrected chi connectivity index (χ1v) is 9.25. The fraction of sp³-hybridized carbons (Fsp3) is 0.100. The van der Waals surface area contributed by atoms with Crippen LogP contribution in [-0.4, -0.2) is 24.3 Å². The number of hydrogen-bond acceptors (Lipinski definition) is 3. The van der Waals surface area contributed by atoms with Crippen LogP contribution >= 0.6 is 11.3 Å². The number of aryl methyl sites for hydroxylation is 1. The third-order valence-corrected chi connectivity index (χ3v) is 5.30. The van der Waals surface area contributed by atoms with Gasteiger partial charge in [0.2, 0.25) is 0 Å². The van der Waals surface area contributed by atoms with E-state index in [1.54, 1.807) is 0 Å². The Bertz CT molecular complexity index is 997. The predicted molar refractivity (Wildman–Crippen MR) is 108 cm³/mol. The maximum atomic E-state index is 13.0. The predicted octanol–water partition coefficient (Wildman–Crippen LogP) is 3.92. The summed E-state index contributed by atoms with van der Waals surface area (Å²) in [6.45, 7) is 3.88. The highest BCUT2D eigenvalue weighted by molar-refractivity contribution is 7.17. The highest BCUT2D eigenvalue weighted by Gasteiger charge is 2.24. The van der Waals surface area contributed by atoms with E-state index >= 15 is 0 Å². The van der Waals surface area contributed by atoms with E-state index in [4.69, 9.17) is 0 Å². The summed E-state index contributed by atoms with van der Waals surface area (Å²) in [6.07, 6.45) is 0. The average molecular weight is 381 g/mol. The molecule has 0 bridgehead atoms. The van der Waals surface area contributed by atoms with Crippen molar-refractivity contribution in [1.82, 2.24) is 0 Å². The van der Waals surface area contributed by atoms with E-state index in [2.05, 4.69) is 12.1 Å². The molecular weight excluding hydrogens is 364 g/mol. The molecule has 27 heavy (non-hydrogen) atoms. The normalized spacial score (nSPS) is 10.5. The Balaban J connectivity index is 2.00. The summed E-state index contributed by atoms with van der Waals surface area (Å²) in [5.41, 5.74) is 2.88. The lowest BCUT2D eigenvalue weighted by Gasteiger charge is -2.07. The maximum absolute atomic E-state index is 13.0. The maximum Gasteiger partial charge on any atom is 0.339 e. The lowest BCUT2D eigenvalue weighted by Crippen LogP contribution is -2.13. The Morgan fingerprint density at radius 2 is 1.70 bits per heavy atom. The number of carbonyl (C=O) groups excluding carboxylic acids is 1. The number of carboxylic acids is 1. The van der Waals surface area contributed by atoms with Gasteiger partial charge in [0, 0.05) is 16.0 Å². The van der Waals surface area contributed by atoms with Crippen molar-refractivity contribution in [2.75, 3.05) is 5.32 Å². The lowest BCUT2D eigenvalue weighted by atomic mass is 9.73. The lowest BCUT2D eigenvalue weighted by molar-refractivity contribution is 0.0699. The van der Waals surface area contributed by atoms with Gasteiger partial charge in [-0.15, -0.1) is 11.3 Å². The van der Waals surface area contributed by atoms with Gasteiger partial charge in [-0.25, -0.2) is 9.18 Å². The molecule has 0 saturated heterocycles. The van der Waals surface area contributed by atoms with Crippen LogP contribution in [0, 0.1) is 12.7 Å². The zero-order valence-corrected chi connectivity index (χ0v) is 15.7. The molecule has 3 rings (SSSR count). The number of benzene rings is 2. The van der Waals surface area contributed by atoms with Crippen LogP contribution in [0.25, 0.3) is 11.1 Å². The van der Waals surface area contributed by atoms with Crippen LogP contribution in [0.2, 0.25) is 6.82 Å². The smallest absolute Gasteiger partial charge is 0.339 e. The van der Waals surface area contributed by atoms with E-state index < -0.39 is 17.7 Å². The molecule has 1 aromatic heterocycles. The van der Waals surface area contributed by atoms with Crippen LogP contribution in [0.15, 0.2) is 48.5 Å². The van der Waals surface area contributed by atoms with Crippen molar-refractivity contribution in [1.29, 1.82) is 0 Å². The van der Waals surface area contributed by atoms with Crippen LogP contribution in [0.5, 0.6) is 0 Å². The largest absolute Gasteiger partial charge is 0.478 e. The Morgan fingerprint density at radius 3 is 2.26 bits per heavy atom. The Labute approximate surface area is 160 Å². The van der Waals surface area contributed by atoms with Gasteiger partial charge in [-0.05, 0) is 36.8 Å². The second-order valence-electron chi connectivity index (χ2n) is 6.05. The molecule has 0 aliphatic carbocycles. The number of hydrogen-bond donors (Lipinski definition) is 2. The number of nitrogens with one attached hydrogen (secondary N) is 1. The number of carbonyl (C=O) groups is 2. The molecule has 0 unspecified atom stereocenters. The molecule has 2 aromatic carbocycles. The van der Waals surface area contributed by atoms with E-state index in [0.29, 0.717) is 5.56 Å². The van der Waals surface area contributed by atoms with Crippen molar-refractivity contribution in [3.05, 3.63) is 70.4 Å².